The Hall–Kier alpha value is -1.42. The molecule has 3 aromatic rings. The van der Waals surface area contributed by atoms with Crippen LogP contribution in [0.2, 0.25) is 10.0 Å². The van der Waals surface area contributed by atoms with E-state index in [2.05, 4.69) is 31.9 Å². The third kappa shape index (κ3) is 5.47. The van der Waals surface area contributed by atoms with Crippen LogP contribution in [0, 0.1) is 5.82 Å². The first kappa shape index (κ1) is 24.7. The van der Waals surface area contributed by atoms with Crippen molar-refractivity contribution in [1.82, 2.24) is 0 Å². The van der Waals surface area contributed by atoms with Gasteiger partial charge in [-0.15, -0.1) is 0 Å². The topological polar surface area (TPSA) is 29.5 Å². The van der Waals surface area contributed by atoms with E-state index in [1.165, 1.54) is 17.0 Å². The van der Waals surface area contributed by atoms with Crippen LogP contribution in [0.25, 0.3) is 6.08 Å². The Kier molecular flexibility index (Phi) is 7.83. The Morgan fingerprint density at radius 2 is 1.79 bits per heavy atom. The molecule has 33 heavy (non-hydrogen) atoms. The first-order valence-corrected chi connectivity index (χ1v) is 12.9. The zero-order valence-corrected chi connectivity index (χ0v) is 22.8. The summed E-state index contributed by atoms with van der Waals surface area (Å²) in [4.78, 5) is 14.5. The molecule has 1 amide bonds. The number of hydrogen-bond donors (Lipinski definition) is 0. The number of benzene rings is 3. The van der Waals surface area contributed by atoms with Crippen molar-refractivity contribution in [1.29, 1.82) is 0 Å². The maximum absolute atomic E-state index is 14.2. The van der Waals surface area contributed by atoms with Crippen LogP contribution in [0.5, 0.6) is 5.75 Å². The zero-order valence-electron chi connectivity index (χ0n) is 16.5. The van der Waals surface area contributed by atoms with Crippen molar-refractivity contribution in [2.24, 2.45) is 0 Å². The largest absolute Gasteiger partial charge is 0.486 e. The molecule has 10 heteroatoms. The number of halogens is 5. The zero-order chi connectivity index (χ0) is 23.7. The van der Waals surface area contributed by atoms with Gasteiger partial charge in [-0.05, 0) is 79.9 Å². The summed E-state index contributed by atoms with van der Waals surface area (Å²) in [6.07, 6.45) is 1.70. The summed E-state index contributed by atoms with van der Waals surface area (Å²) in [5.74, 6) is -0.306. The van der Waals surface area contributed by atoms with E-state index >= 15 is 0 Å². The third-order valence-electron chi connectivity index (χ3n) is 4.59. The number of amides is 1. The van der Waals surface area contributed by atoms with Crippen molar-refractivity contribution in [3.8, 4) is 5.75 Å². The molecule has 1 saturated heterocycles. The molecule has 0 spiro atoms. The highest BCUT2D eigenvalue weighted by molar-refractivity contribution is 9.11. The maximum Gasteiger partial charge on any atom is 0.270 e. The fraction of sp³-hybridized carbons (Fsp3) is 0.0435. The van der Waals surface area contributed by atoms with Gasteiger partial charge < -0.3 is 4.74 Å². The predicted molar refractivity (Wildman–Crippen MR) is 145 cm³/mol. The van der Waals surface area contributed by atoms with E-state index < -0.39 is 5.82 Å². The Morgan fingerprint density at radius 1 is 1.09 bits per heavy atom. The molecule has 1 aliphatic heterocycles. The quantitative estimate of drug-likeness (QED) is 0.205. The number of carbonyl (C=O) groups excluding carboxylic acids is 1. The Morgan fingerprint density at radius 3 is 2.45 bits per heavy atom. The number of rotatable bonds is 5. The molecule has 0 aromatic heterocycles. The van der Waals surface area contributed by atoms with Crippen molar-refractivity contribution in [3.63, 3.8) is 0 Å². The average Bonchev–Trinajstić information content (AvgIpc) is 3.02. The van der Waals surface area contributed by atoms with Gasteiger partial charge in [0.2, 0.25) is 0 Å². The van der Waals surface area contributed by atoms with Gasteiger partial charge in [0, 0.05) is 15.6 Å². The van der Waals surface area contributed by atoms with Crippen LogP contribution in [0.15, 0.2) is 68.4 Å². The minimum absolute atomic E-state index is 0.135. The molecule has 4 rings (SSSR count). The predicted octanol–water partition coefficient (Wildman–Crippen LogP) is 8.64. The lowest BCUT2D eigenvalue weighted by Crippen LogP contribution is -2.28. The molecule has 168 valence electrons. The van der Waals surface area contributed by atoms with E-state index in [1.807, 2.05) is 12.1 Å². The molecule has 0 saturated carbocycles. The molecular formula is C23H12Br2Cl2FNO2S2. The second-order valence-corrected chi connectivity index (χ2v) is 11.0. The van der Waals surface area contributed by atoms with Crippen LogP contribution in [0.3, 0.4) is 0 Å². The van der Waals surface area contributed by atoms with E-state index in [9.17, 15) is 9.18 Å². The summed E-state index contributed by atoms with van der Waals surface area (Å²) in [7, 11) is 0. The van der Waals surface area contributed by atoms with E-state index in [-0.39, 0.29) is 22.5 Å². The van der Waals surface area contributed by atoms with Crippen molar-refractivity contribution in [2.75, 3.05) is 4.90 Å². The van der Waals surface area contributed by atoms with Crippen molar-refractivity contribution in [2.45, 2.75) is 6.61 Å². The van der Waals surface area contributed by atoms with Crippen LogP contribution in [-0.2, 0) is 11.4 Å². The maximum atomic E-state index is 14.2. The molecule has 0 bridgehead atoms. The molecule has 1 aliphatic rings. The SMILES string of the molecule is O=C1/C(=C/c2cc(Br)c(OCc3ccc(Cl)cc3Cl)c(Br)c2)SC(=S)N1c1ccccc1F. The second kappa shape index (κ2) is 10.5. The summed E-state index contributed by atoms with van der Waals surface area (Å²) in [6.45, 7) is 0.244. The van der Waals surface area contributed by atoms with E-state index in [1.54, 1.807) is 36.4 Å². The van der Waals surface area contributed by atoms with Crippen LogP contribution in [-0.4, -0.2) is 10.2 Å². The third-order valence-corrected chi connectivity index (χ3v) is 7.66. The molecule has 3 nitrogen and oxygen atoms in total. The van der Waals surface area contributed by atoms with Gasteiger partial charge in [0.15, 0.2) is 4.32 Å². The summed E-state index contributed by atoms with van der Waals surface area (Å²) in [5.41, 5.74) is 1.66. The van der Waals surface area contributed by atoms with E-state index in [0.717, 1.165) is 22.9 Å². The van der Waals surface area contributed by atoms with Gasteiger partial charge in [-0.1, -0.05) is 65.4 Å². The summed E-state index contributed by atoms with van der Waals surface area (Å²) in [5, 5.41) is 1.07. The van der Waals surface area contributed by atoms with Crippen molar-refractivity contribution in [3.05, 3.63) is 95.4 Å². The fourth-order valence-electron chi connectivity index (χ4n) is 3.05. The number of thioether (sulfide) groups is 1. The number of ether oxygens (including phenoxy) is 1. The summed E-state index contributed by atoms with van der Waals surface area (Å²) in [6, 6.07) is 14.9. The molecule has 0 radical (unpaired) electrons. The molecule has 1 heterocycles. The molecule has 0 N–H and O–H groups in total. The molecular weight excluding hydrogens is 636 g/mol. The summed E-state index contributed by atoms with van der Waals surface area (Å²) >= 11 is 25.6. The summed E-state index contributed by atoms with van der Waals surface area (Å²) < 4.78 is 21.8. The van der Waals surface area contributed by atoms with Gasteiger partial charge in [-0.25, -0.2) is 4.39 Å². The fourth-order valence-corrected chi connectivity index (χ4v) is 6.25. The Balaban J connectivity index is 1.56. The minimum Gasteiger partial charge on any atom is -0.486 e. The average molecular weight is 648 g/mol. The van der Waals surface area contributed by atoms with Gasteiger partial charge in [0.1, 0.15) is 18.2 Å². The standard InChI is InChI=1S/C23H12Br2Cl2FNO2S2/c24-15-7-12(8-16(25)21(15)31-11-13-5-6-14(26)10-17(13)27)9-20-22(30)29(23(32)33-20)19-4-2-1-3-18(19)28/h1-10H,11H2/b20-9-. The van der Waals surface area contributed by atoms with Crippen molar-refractivity contribution < 1.29 is 13.9 Å². The molecule has 0 atom stereocenters. The molecule has 0 aliphatic carbocycles. The number of nitrogens with zero attached hydrogens (tertiary/aromatic N) is 1. The van der Waals surface area contributed by atoms with E-state index in [0.29, 0.717) is 29.6 Å². The normalized spacial score (nSPS) is 14.9. The number of anilines is 1. The lowest BCUT2D eigenvalue weighted by atomic mass is 10.2. The van der Waals surface area contributed by atoms with Gasteiger partial charge in [0.25, 0.3) is 5.91 Å². The smallest absolute Gasteiger partial charge is 0.270 e. The Bertz CT molecular complexity index is 1300. The lowest BCUT2D eigenvalue weighted by Gasteiger charge is -2.15. The highest BCUT2D eigenvalue weighted by Crippen LogP contribution is 2.40. The first-order chi connectivity index (χ1) is 15.7. The molecule has 1 fully saturated rings. The first-order valence-electron chi connectivity index (χ1n) is 9.33. The molecule has 3 aromatic carbocycles. The minimum atomic E-state index is -0.511. The van der Waals surface area contributed by atoms with Gasteiger partial charge in [-0.3, -0.25) is 9.69 Å². The number of thiocarbonyl (C=S) groups is 1. The number of carbonyl (C=O) groups is 1. The van der Waals surface area contributed by atoms with Crippen LogP contribution < -0.4 is 9.64 Å². The molecule has 0 unspecified atom stereocenters. The van der Waals surface area contributed by atoms with Gasteiger partial charge in [-0.2, -0.15) is 0 Å². The van der Waals surface area contributed by atoms with Crippen LogP contribution >= 0.6 is 79.0 Å². The monoisotopic (exact) mass is 645 g/mol. The van der Waals surface area contributed by atoms with Gasteiger partial charge >= 0.3 is 0 Å². The number of para-hydroxylation sites is 1. The van der Waals surface area contributed by atoms with Crippen molar-refractivity contribution >= 4 is 101 Å². The highest BCUT2D eigenvalue weighted by Gasteiger charge is 2.34. The lowest BCUT2D eigenvalue weighted by molar-refractivity contribution is -0.113. The second-order valence-electron chi connectivity index (χ2n) is 6.81. The van der Waals surface area contributed by atoms with Crippen LogP contribution in [0.4, 0.5) is 10.1 Å². The van der Waals surface area contributed by atoms with Gasteiger partial charge in [0.05, 0.1) is 19.5 Å². The number of hydrogen-bond acceptors (Lipinski definition) is 4. The van der Waals surface area contributed by atoms with E-state index in [4.69, 9.17) is 40.2 Å². The van der Waals surface area contributed by atoms with Crippen LogP contribution in [0.1, 0.15) is 11.1 Å². The Labute approximate surface area is 226 Å². The highest BCUT2D eigenvalue weighted by atomic mass is 79.9.